The van der Waals surface area contributed by atoms with Crippen molar-refractivity contribution < 1.29 is 9.53 Å². The van der Waals surface area contributed by atoms with Crippen LogP contribution < -0.4 is 4.74 Å². The fourth-order valence-electron chi connectivity index (χ4n) is 1.99. The molecule has 2 nitrogen and oxygen atoms in total. The Bertz CT molecular complexity index is 584. The minimum Gasteiger partial charge on any atom is -0.489 e. The van der Waals surface area contributed by atoms with Gasteiger partial charge in [-0.05, 0) is 35.0 Å². The number of rotatable bonds is 2. The van der Waals surface area contributed by atoms with E-state index in [1.54, 1.807) is 0 Å². The Morgan fingerprint density at radius 2 is 1.76 bits per heavy atom. The number of hydrogen-bond donors (Lipinski definition) is 0. The Morgan fingerprint density at radius 1 is 1.06 bits per heavy atom. The van der Waals surface area contributed by atoms with E-state index in [-0.39, 0.29) is 6.10 Å². The summed E-state index contributed by atoms with van der Waals surface area (Å²) in [6.45, 7) is 0. The number of ether oxygens (including phenoxy) is 1. The van der Waals surface area contributed by atoms with Crippen molar-refractivity contribution in [2.75, 3.05) is 0 Å². The average Bonchev–Trinajstić information content (AvgIpc) is 2.27. The van der Waals surface area contributed by atoms with Gasteiger partial charge in [0, 0.05) is 17.3 Å². The monoisotopic (exact) mass is 290 g/mol. The predicted molar refractivity (Wildman–Crippen MR) is 70.3 cm³/mol. The lowest BCUT2D eigenvalue weighted by atomic mass is 9.94. The number of halogens is 1. The first-order chi connectivity index (χ1) is 8.20. The summed E-state index contributed by atoms with van der Waals surface area (Å²) < 4.78 is 6.80. The molecule has 1 aliphatic carbocycles. The van der Waals surface area contributed by atoms with Gasteiger partial charge in [0.25, 0.3) is 0 Å². The second-order valence-electron chi connectivity index (χ2n) is 4.34. The molecule has 0 atom stereocenters. The van der Waals surface area contributed by atoms with Crippen LogP contribution in [0.5, 0.6) is 5.75 Å². The number of fused-ring (bicyclic) bond motifs is 1. The maximum atomic E-state index is 10.9. The van der Waals surface area contributed by atoms with Crippen LogP contribution in [0.15, 0.2) is 40.9 Å². The molecule has 1 aliphatic rings. The summed E-state index contributed by atoms with van der Waals surface area (Å²) in [5, 5.41) is 2.33. The van der Waals surface area contributed by atoms with E-state index in [2.05, 4.69) is 28.1 Å². The summed E-state index contributed by atoms with van der Waals surface area (Å²) in [7, 11) is 0. The molecule has 17 heavy (non-hydrogen) atoms. The molecule has 0 aliphatic heterocycles. The Hall–Kier alpha value is -1.35. The number of benzene rings is 2. The van der Waals surface area contributed by atoms with E-state index in [4.69, 9.17) is 4.74 Å². The van der Waals surface area contributed by atoms with Crippen molar-refractivity contribution in [3.63, 3.8) is 0 Å². The van der Waals surface area contributed by atoms with Crippen molar-refractivity contribution in [2.24, 2.45) is 0 Å². The van der Waals surface area contributed by atoms with Crippen molar-refractivity contribution in [3.05, 3.63) is 40.9 Å². The summed E-state index contributed by atoms with van der Waals surface area (Å²) in [5.41, 5.74) is 0. The van der Waals surface area contributed by atoms with Gasteiger partial charge in [0.2, 0.25) is 0 Å². The van der Waals surface area contributed by atoms with Gasteiger partial charge in [0.05, 0.1) is 0 Å². The molecule has 2 aromatic carbocycles. The Morgan fingerprint density at radius 3 is 2.53 bits per heavy atom. The molecule has 3 rings (SSSR count). The van der Waals surface area contributed by atoms with Crippen LogP contribution in [-0.2, 0) is 4.79 Å². The van der Waals surface area contributed by atoms with E-state index in [0.29, 0.717) is 18.6 Å². The molecule has 3 heteroatoms. The normalized spacial score (nSPS) is 15.9. The van der Waals surface area contributed by atoms with Gasteiger partial charge in [-0.2, -0.15) is 0 Å². The highest BCUT2D eigenvalue weighted by Gasteiger charge is 2.28. The van der Waals surface area contributed by atoms with Crippen LogP contribution in [0.3, 0.4) is 0 Å². The summed E-state index contributed by atoms with van der Waals surface area (Å²) >= 11 is 3.45. The molecule has 0 heterocycles. The number of Topliss-reactive ketones (excluding diaryl/α,β-unsaturated/α-hetero) is 1. The van der Waals surface area contributed by atoms with Gasteiger partial charge in [-0.15, -0.1) is 0 Å². The Kier molecular flexibility index (Phi) is 2.63. The maximum absolute atomic E-state index is 10.9. The molecule has 1 fully saturated rings. The quantitative estimate of drug-likeness (QED) is 0.843. The molecule has 2 aromatic rings. The zero-order valence-electron chi connectivity index (χ0n) is 9.15. The summed E-state index contributed by atoms with van der Waals surface area (Å²) in [4.78, 5) is 10.9. The third-order valence-electron chi connectivity index (χ3n) is 2.99. The molecule has 0 radical (unpaired) electrons. The molecular weight excluding hydrogens is 280 g/mol. The van der Waals surface area contributed by atoms with E-state index in [9.17, 15) is 4.79 Å². The van der Waals surface area contributed by atoms with Crippen LogP contribution in [0.25, 0.3) is 10.8 Å². The van der Waals surface area contributed by atoms with E-state index in [1.165, 1.54) is 5.39 Å². The first-order valence-corrected chi connectivity index (χ1v) is 6.38. The minimum absolute atomic E-state index is 0.0791. The molecule has 0 unspecified atom stereocenters. The van der Waals surface area contributed by atoms with E-state index >= 15 is 0 Å². The second kappa shape index (κ2) is 4.15. The predicted octanol–water partition coefficient (Wildman–Crippen LogP) is 3.71. The van der Waals surface area contributed by atoms with Crippen molar-refractivity contribution in [1.29, 1.82) is 0 Å². The third kappa shape index (κ3) is 2.20. The van der Waals surface area contributed by atoms with Crippen molar-refractivity contribution >= 4 is 32.5 Å². The fraction of sp³-hybridized carbons (Fsp3) is 0.214. The van der Waals surface area contributed by atoms with E-state index < -0.39 is 0 Å². The highest BCUT2D eigenvalue weighted by Crippen LogP contribution is 2.27. The molecule has 0 spiro atoms. The van der Waals surface area contributed by atoms with Gasteiger partial charge in [0.15, 0.2) is 0 Å². The minimum atomic E-state index is 0.0791. The number of carbonyl (C=O) groups is 1. The van der Waals surface area contributed by atoms with E-state index in [0.717, 1.165) is 15.6 Å². The standard InChI is InChI=1S/C14H11BrO2/c15-11-3-1-10-6-13(4-2-9(10)5-11)17-14-7-12(16)8-14/h1-6,14H,7-8H2. The molecule has 0 bridgehead atoms. The van der Waals surface area contributed by atoms with Gasteiger partial charge in [-0.25, -0.2) is 0 Å². The Labute approximate surface area is 108 Å². The first kappa shape index (κ1) is 10.8. The molecule has 86 valence electrons. The van der Waals surface area contributed by atoms with Crippen LogP contribution in [0.2, 0.25) is 0 Å². The Balaban J connectivity index is 1.86. The largest absolute Gasteiger partial charge is 0.489 e. The first-order valence-electron chi connectivity index (χ1n) is 5.58. The zero-order valence-corrected chi connectivity index (χ0v) is 10.7. The van der Waals surface area contributed by atoms with Crippen LogP contribution in [0, 0.1) is 0 Å². The van der Waals surface area contributed by atoms with Crippen molar-refractivity contribution in [3.8, 4) is 5.75 Å². The van der Waals surface area contributed by atoms with Crippen LogP contribution >= 0.6 is 15.9 Å². The number of ketones is 1. The lowest BCUT2D eigenvalue weighted by Gasteiger charge is -2.25. The van der Waals surface area contributed by atoms with Gasteiger partial charge in [0.1, 0.15) is 17.6 Å². The third-order valence-corrected chi connectivity index (χ3v) is 3.48. The van der Waals surface area contributed by atoms with Gasteiger partial charge in [-0.3, -0.25) is 4.79 Å². The second-order valence-corrected chi connectivity index (χ2v) is 5.26. The molecule has 1 saturated carbocycles. The molecule has 0 amide bonds. The molecular formula is C14H11BrO2. The lowest BCUT2D eigenvalue weighted by Crippen LogP contribution is -2.33. The van der Waals surface area contributed by atoms with E-state index in [1.807, 2.05) is 24.3 Å². The van der Waals surface area contributed by atoms with Crippen molar-refractivity contribution in [1.82, 2.24) is 0 Å². The topological polar surface area (TPSA) is 26.3 Å². The fourth-order valence-corrected chi connectivity index (χ4v) is 2.37. The summed E-state index contributed by atoms with van der Waals surface area (Å²) in [5.74, 6) is 1.14. The number of hydrogen-bond acceptors (Lipinski definition) is 2. The van der Waals surface area contributed by atoms with Gasteiger partial charge < -0.3 is 4.74 Å². The zero-order chi connectivity index (χ0) is 11.8. The highest BCUT2D eigenvalue weighted by atomic mass is 79.9. The maximum Gasteiger partial charge on any atom is 0.140 e. The van der Waals surface area contributed by atoms with Gasteiger partial charge in [-0.1, -0.05) is 28.1 Å². The number of carbonyl (C=O) groups excluding carboxylic acids is 1. The van der Waals surface area contributed by atoms with Crippen LogP contribution in [0.1, 0.15) is 12.8 Å². The molecule has 0 aromatic heterocycles. The summed E-state index contributed by atoms with van der Waals surface area (Å²) in [6.07, 6.45) is 1.19. The average molecular weight is 291 g/mol. The highest BCUT2D eigenvalue weighted by molar-refractivity contribution is 9.10. The summed E-state index contributed by atoms with van der Waals surface area (Å²) in [6, 6.07) is 12.2. The molecule has 0 saturated heterocycles. The van der Waals surface area contributed by atoms with Gasteiger partial charge >= 0.3 is 0 Å². The molecule has 0 N–H and O–H groups in total. The lowest BCUT2D eigenvalue weighted by molar-refractivity contribution is -0.129. The van der Waals surface area contributed by atoms with Crippen LogP contribution in [0.4, 0.5) is 0 Å². The SMILES string of the molecule is O=C1CC(Oc2ccc3cc(Br)ccc3c2)C1. The van der Waals surface area contributed by atoms with Crippen LogP contribution in [-0.4, -0.2) is 11.9 Å². The van der Waals surface area contributed by atoms with Crippen molar-refractivity contribution in [2.45, 2.75) is 18.9 Å². The smallest absolute Gasteiger partial charge is 0.140 e.